The van der Waals surface area contributed by atoms with Crippen molar-refractivity contribution in [2.45, 2.75) is 6.04 Å². The first-order valence-electron chi connectivity index (χ1n) is 2.34. The Morgan fingerprint density at radius 2 is 2.25 bits per heavy atom. The second-order valence-electron chi connectivity index (χ2n) is 1.92. The molecule has 46 valence electrons. The van der Waals surface area contributed by atoms with Crippen LogP contribution in [0.25, 0.3) is 0 Å². The summed E-state index contributed by atoms with van der Waals surface area (Å²) in [6.45, 7) is 0. The van der Waals surface area contributed by atoms with Crippen molar-refractivity contribution in [3.05, 3.63) is 11.5 Å². The van der Waals surface area contributed by atoms with Crippen molar-refractivity contribution in [1.29, 1.82) is 0 Å². The minimum Gasteiger partial charge on any atom is -0.351 e. The van der Waals surface area contributed by atoms with E-state index in [9.17, 15) is 8.42 Å². The van der Waals surface area contributed by atoms with E-state index in [0.29, 0.717) is 0 Å². The largest absolute Gasteiger partial charge is 0.351 e. The first-order valence-corrected chi connectivity index (χ1v) is 4.06. The SMILES string of the molecule is [NH3+][C@@H]1C=CS(=O)(=O)C1. The highest BCUT2D eigenvalue weighted by Gasteiger charge is 2.20. The zero-order valence-electron chi connectivity index (χ0n) is 4.37. The van der Waals surface area contributed by atoms with Crippen LogP contribution in [0.1, 0.15) is 0 Å². The highest BCUT2D eigenvalue weighted by atomic mass is 32.2. The molecule has 0 radical (unpaired) electrons. The normalized spacial score (nSPS) is 33.4. The van der Waals surface area contributed by atoms with Crippen LogP contribution in [0.15, 0.2) is 11.5 Å². The summed E-state index contributed by atoms with van der Waals surface area (Å²) in [4.78, 5) is 0. The van der Waals surface area contributed by atoms with Crippen LogP contribution in [0.2, 0.25) is 0 Å². The first kappa shape index (κ1) is 5.78. The van der Waals surface area contributed by atoms with E-state index in [1.165, 1.54) is 5.41 Å². The molecule has 1 aliphatic heterocycles. The van der Waals surface area contributed by atoms with Gasteiger partial charge in [0.2, 0.25) is 0 Å². The van der Waals surface area contributed by atoms with E-state index in [1.54, 1.807) is 6.08 Å². The number of rotatable bonds is 0. The van der Waals surface area contributed by atoms with Gasteiger partial charge in [-0.3, -0.25) is 0 Å². The van der Waals surface area contributed by atoms with E-state index < -0.39 is 9.84 Å². The standard InChI is InChI=1S/C4H7NO2S/c5-4-1-2-8(6,7)3-4/h1-2,4H,3,5H2/p+1/t4-/m1/s1. The molecule has 3 nitrogen and oxygen atoms in total. The van der Waals surface area contributed by atoms with E-state index in [-0.39, 0.29) is 11.8 Å². The molecule has 0 aliphatic carbocycles. The Hall–Kier alpha value is -0.350. The number of hydrogen-bond acceptors (Lipinski definition) is 2. The van der Waals surface area contributed by atoms with Crippen molar-refractivity contribution in [3.63, 3.8) is 0 Å². The lowest BCUT2D eigenvalue weighted by Crippen LogP contribution is -2.61. The molecule has 0 unspecified atom stereocenters. The van der Waals surface area contributed by atoms with Crippen LogP contribution in [0.5, 0.6) is 0 Å². The van der Waals surface area contributed by atoms with Crippen LogP contribution < -0.4 is 5.73 Å². The summed E-state index contributed by atoms with van der Waals surface area (Å²) < 4.78 is 21.0. The zero-order chi connectivity index (χ0) is 6.20. The van der Waals surface area contributed by atoms with E-state index >= 15 is 0 Å². The maximum atomic E-state index is 10.5. The third-order valence-electron chi connectivity index (χ3n) is 1.00. The Bertz CT molecular complexity index is 204. The first-order chi connectivity index (χ1) is 3.60. The lowest BCUT2D eigenvalue weighted by atomic mass is 10.4. The molecule has 1 heterocycles. The topological polar surface area (TPSA) is 61.8 Å². The van der Waals surface area contributed by atoms with Gasteiger partial charge in [-0.15, -0.1) is 0 Å². The van der Waals surface area contributed by atoms with Crippen molar-refractivity contribution in [1.82, 2.24) is 0 Å². The number of hydrogen-bond donors (Lipinski definition) is 1. The Balaban J connectivity index is 2.89. The van der Waals surface area contributed by atoms with Gasteiger partial charge < -0.3 is 5.73 Å². The van der Waals surface area contributed by atoms with Crippen LogP contribution in [-0.4, -0.2) is 20.2 Å². The lowest BCUT2D eigenvalue weighted by Gasteiger charge is -1.88. The summed E-state index contributed by atoms with van der Waals surface area (Å²) in [5.74, 6) is 0.188. The summed E-state index contributed by atoms with van der Waals surface area (Å²) in [6.07, 6.45) is 1.61. The minimum absolute atomic E-state index is 0.0278. The van der Waals surface area contributed by atoms with Gasteiger partial charge in [0.15, 0.2) is 9.84 Å². The Morgan fingerprint density at radius 1 is 1.62 bits per heavy atom. The molecule has 3 N–H and O–H groups in total. The molecule has 0 amide bonds. The summed E-state index contributed by atoms with van der Waals surface area (Å²) in [5, 5.41) is 1.23. The van der Waals surface area contributed by atoms with Crippen molar-refractivity contribution >= 4 is 9.84 Å². The van der Waals surface area contributed by atoms with Crippen molar-refractivity contribution in [2.24, 2.45) is 0 Å². The van der Waals surface area contributed by atoms with E-state index in [4.69, 9.17) is 0 Å². The lowest BCUT2D eigenvalue weighted by molar-refractivity contribution is -0.395. The highest BCUT2D eigenvalue weighted by Crippen LogP contribution is 2.02. The van der Waals surface area contributed by atoms with Gasteiger partial charge in [-0.1, -0.05) is 0 Å². The van der Waals surface area contributed by atoms with E-state index in [0.717, 1.165) is 0 Å². The monoisotopic (exact) mass is 134 g/mol. The van der Waals surface area contributed by atoms with E-state index in [2.05, 4.69) is 5.73 Å². The summed E-state index contributed by atoms with van der Waals surface area (Å²) in [5.41, 5.74) is 3.57. The molecule has 8 heavy (non-hydrogen) atoms. The van der Waals surface area contributed by atoms with Gasteiger partial charge >= 0.3 is 0 Å². The van der Waals surface area contributed by atoms with Gasteiger partial charge in [0, 0.05) is 5.41 Å². The molecule has 1 aliphatic rings. The fraction of sp³-hybridized carbons (Fsp3) is 0.500. The summed E-state index contributed by atoms with van der Waals surface area (Å²) in [6, 6.07) is -0.0278. The van der Waals surface area contributed by atoms with Crippen LogP contribution in [0.3, 0.4) is 0 Å². The van der Waals surface area contributed by atoms with Gasteiger partial charge in [0.1, 0.15) is 11.8 Å². The average molecular weight is 134 g/mol. The Labute approximate surface area is 48.1 Å². The highest BCUT2D eigenvalue weighted by molar-refractivity contribution is 7.94. The molecule has 0 aromatic carbocycles. The predicted molar refractivity (Wildman–Crippen MR) is 29.6 cm³/mol. The fourth-order valence-electron chi connectivity index (χ4n) is 0.640. The minimum atomic E-state index is -2.84. The second kappa shape index (κ2) is 1.56. The second-order valence-corrected chi connectivity index (χ2v) is 3.85. The van der Waals surface area contributed by atoms with Gasteiger partial charge in [-0.2, -0.15) is 0 Å². The Morgan fingerprint density at radius 3 is 2.38 bits per heavy atom. The molecule has 0 spiro atoms. The molecule has 0 fully saturated rings. The van der Waals surface area contributed by atoms with Crippen molar-refractivity contribution < 1.29 is 14.2 Å². The Kier molecular flexibility index (Phi) is 1.13. The average Bonchev–Trinajstić information content (AvgIpc) is 1.82. The van der Waals surface area contributed by atoms with Crippen LogP contribution in [-0.2, 0) is 9.84 Å². The molecule has 0 aromatic rings. The molecule has 0 saturated heterocycles. The van der Waals surface area contributed by atoms with Crippen LogP contribution in [0.4, 0.5) is 0 Å². The quantitative estimate of drug-likeness (QED) is 0.440. The van der Waals surface area contributed by atoms with Gasteiger partial charge in [-0.25, -0.2) is 8.42 Å². The zero-order valence-corrected chi connectivity index (χ0v) is 5.19. The van der Waals surface area contributed by atoms with Crippen molar-refractivity contribution in [2.75, 3.05) is 5.75 Å². The number of sulfone groups is 1. The molecule has 0 saturated carbocycles. The third-order valence-corrected chi connectivity index (χ3v) is 2.47. The van der Waals surface area contributed by atoms with Crippen molar-refractivity contribution in [3.8, 4) is 0 Å². The maximum absolute atomic E-state index is 10.5. The van der Waals surface area contributed by atoms with E-state index in [1.807, 2.05) is 0 Å². The summed E-state index contributed by atoms with van der Waals surface area (Å²) >= 11 is 0. The molecule has 4 heteroatoms. The molecule has 0 bridgehead atoms. The molecule has 0 aromatic heterocycles. The molecular weight excluding hydrogens is 126 g/mol. The summed E-state index contributed by atoms with van der Waals surface area (Å²) in [7, 11) is -2.84. The predicted octanol–water partition coefficient (Wildman–Crippen LogP) is -1.46. The third kappa shape index (κ3) is 1.08. The van der Waals surface area contributed by atoms with Crippen LogP contribution in [0, 0.1) is 0 Å². The van der Waals surface area contributed by atoms with Gasteiger partial charge in [0.05, 0.1) is 0 Å². The maximum Gasteiger partial charge on any atom is 0.177 e. The number of quaternary nitrogens is 1. The molecular formula is C4H8NO2S+. The van der Waals surface area contributed by atoms with Gasteiger partial charge in [-0.05, 0) is 6.08 Å². The van der Waals surface area contributed by atoms with Gasteiger partial charge in [0.25, 0.3) is 0 Å². The molecule has 1 rings (SSSR count). The fourth-order valence-corrected chi connectivity index (χ4v) is 1.92. The smallest absolute Gasteiger partial charge is 0.177 e. The molecule has 1 atom stereocenters. The van der Waals surface area contributed by atoms with Crippen LogP contribution >= 0.6 is 0 Å².